The molecule has 1 saturated carbocycles. The number of rotatable bonds is 4. The van der Waals surface area contributed by atoms with Crippen LogP contribution in [0.5, 0.6) is 5.75 Å². The Labute approximate surface area is 109 Å². The zero-order valence-corrected chi connectivity index (χ0v) is 11.0. The Hall–Kier alpha value is -1.51. The first kappa shape index (κ1) is 12.9. The van der Waals surface area contributed by atoms with Crippen LogP contribution in [0.2, 0.25) is 0 Å². The molecule has 2 atom stereocenters. The van der Waals surface area contributed by atoms with Crippen molar-refractivity contribution < 1.29 is 4.74 Å². The number of nitrogen functional groups attached to an aromatic ring is 1. The SMILES string of the molecule is CCC1CCCC(Oc2ccc(C(=N)N)cc2)C1. The number of nitrogens with two attached hydrogens (primary N) is 1. The molecule has 1 aliphatic carbocycles. The molecule has 1 aromatic rings. The van der Waals surface area contributed by atoms with Gasteiger partial charge in [0.1, 0.15) is 11.6 Å². The molecule has 0 aromatic heterocycles. The predicted octanol–water partition coefficient (Wildman–Crippen LogP) is 3.32. The molecule has 1 aliphatic rings. The van der Waals surface area contributed by atoms with E-state index in [1.54, 1.807) is 0 Å². The zero-order chi connectivity index (χ0) is 13.0. The van der Waals surface area contributed by atoms with E-state index in [0.29, 0.717) is 6.10 Å². The van der Waals surface area contributed by atoms with Gasteiger partial charge in [0.2, 0.25) is 0 Å². The Morgan fingerprint density at radius 3 is 2.67 bits per heavy atom. The standard InChI is InChI=1S/C15H22N2O/c1-2-11-4-3-5-14(10-11)18-13-8-6-12(7-9-13)15(16)17/h6-9,11,14H,2-5,10H2,1H3,(H3,16,17). The first-order chi connectivity index (χ1) is 8.69. The van der Waals surface area contributed by atoms with Gasteiger partial charge < -0.3 is 10.5 Å². The fourth-order valence-electron chi connectivity index (χ4n) is 2.63. The van der Waals surface area contributed by atoms with Gasteiger partial charge in [0.25, 0.3) is 0 Å². The van der Waals surface area contributed by atoms with Crippen molar-refractivity contribution >= 4 is 5.84 Å². The van der Waals surface area contributed by atoms with Crippen molar-refractivity contribution in [3.05, 3.63) is 29.8 Å². The van der Waals surface area contributed by atoms with Gasteiger partial charge in [-0.15, -0.1) is 0 Å². The maximum absolute atomic E-state index is 7.35. The van der Waals surface area contributed by atoms with Crippen molar-refractivity contribution in [3.63, 3.8) is 0 Å². The van der Waals surface area contributed by atoms with Gasteiger partial charge in [-0.05, 0) is 49.4 Å². The van der Waals surface area contributed by atoms with E-state index in [2.05, 4.69) is 6.92 Å². The molecule has 0 saturated heterocycles. The maximum atomic E-state index is 7.35. The lowest BCUT2D eigenvalue weighted by atomic mass is 9.85. The van der Waals surface area contributed by atoms with E-state index in [4.69, 9.17) is 15.9 Å². The Kier molecular flexibility index (Phi) is 4.24. The van der Waals surface area contributed by atoms with Crippen LogP contribution in [0.4, 0.5) is 0 Å². The molecule has 3 N–H and O–H groups in total. The highest BCUT2D eigenvalue weighted by molar-refractivity contribution is 5.94. The van der Waals surface area contributed by atoms with Gasteiger partial charge in [-0.3, -0.25) is 5.41 Å². The maximum Gasteiger partial charge on any atom is 0.122 e. The number of amidine groups is 1. The van der Waals surface area contributed by atoms with Crippen molar-refractivity contribution in [1.82, 2.24) is 0 Å². The lowest BCUT2D eigenvalue weighted by Crippen LogP contribution is -2.25. The molecule has 2 unspecified atom stereocenters. The van der Waals surface area contributed by atoms with Crippen LogP contribution in [0.1, 0.15) is 44.6 Å². The van der Waals surface area contributed by atoms with Crippen molar-refractivity contribution in [3.8, 4) is 5.75 Å². The molecule has 1 fully saturated rings. The van der Waals surface area contributed by atoms with Gasteiger partial charge in [0.05, 0.1) is 6.10 Å². The molecule has 18 heavy (non-hydrogen) atoms. The van der Waals surface area contributed by atoms with Crippen LogP contribution in [0, 0.1) is 11.3 Å². The highest BCUT2D eigenvalue weighted by atomic mass is 16.5. The molecule has 0 spiro atoms. The van der Waals surface area contributed by atoms with Crippen LogP contribution in [0.3, 0.4) is 0 Å². The molecule has 0 radical (unpaired) electrons. The second-order valence-corrected chi connectivity index (χ2v) is 5.12. The Bertz CT molecular complexity index is 399. The van der Waals surface area contributed by atoms with Crippen LogP contribution in [-0.2, 0) is 0 Å². The summed E-state index contributed by atoms with van der Waals surface area (Å²) in [4.78, 5) is 0. The van der Waals surface area contributed by atoms with Crippen LogP contribution in [0.15, 0.2) is 24.3 Å². The second kappa shape index (κ2) is 5.89. The highest BCUT2D eigenvalue weighted by Crippen LogP contribution is 2.29. The Morgan fingerprint density at radius 1 is 1.33 bits per heavy atom. The van der Waals surface area contributed by atoms with Crippen LogP contribution in [0.25, 0.3) is 0 Å². The summed E-state index contributed by atoms with van der Waals surface area (Å²) in [7, 11) is 0. The number of benzene rings is 1. The van der Waals surface area contributed by atoms with Crippen molar-refractivity contribution in [1.29, 1.82) is 5.41 Å². The van der Waals surface area contributed by atoms with E-state index in [-0.39, 0.29) is 5.84 Å². The summed E-state index contributed by atoms with van der Waals surface area (Å²) >= 11 is 0. The number of hydrogen-bond acceptors (Lipinski definition) is 2. The highest BCUT2D eigenvalue weighted by Gasteiger charge is 2.21. The smallest absolute Gasteiger partial charge is 0.122 e. The third-order valence-electron chi connectivity index (χ3n) is 3.78. The molecule has 0 amide bonds. The average Bonchev–Trinajstić information content (AvgIpc) is 2.39. The largest absolute Gasteiger partial charge is 0.490 e. The van der Waals surface area contributed by atoms with Crippen LogP contribution >= 0.6 is 0 Å². The number of hydrogen-bond donors (Lipinski definition) is 2. The molecular weight excluding hydrogens is 224 g/mol. The molecule has 1 aromatic carbocycles. The first-order valence-electron chi connectivity index (χ1n) is 6.80. The van der Waals surface area contributed by atoms with E-state index in [0.717, 1.165) is 23.7 Å². The molecule has 98 valence electrons. The fraction of sp³-hybridized carbons (Fsp3) is 0.533. The summed E-state index contributed by atoms with van der Waals surface area (Å²) in [5.41, 5.74) is 6.17. The lowest BCUT2D eigenvalue weighted by molar-refractivity contribution is 0.122. The third kappa shape index (κ3) is 3.25. The van der Waals surface area contributed by atoms with Crippen molar-refractivity contribution in [2.45, 2.75) is 45.1 Å². The summed E-state index contributed by atoms with van der Waals surface area (Å²) in [6.07, 6.45) is 6.56. The summed E-state index contributed by atoms with van der Waals surface area (Å²) in [5, 5.41) is 7.35. The van der Waals surface area contributed by atoms with E-state index in [1.807, 2.05) is 24.3 Å². The summed E-state index contributed by atoms with van der Waals surface area (Å²) in [5.74, 6) is 1.81. The third-order valence-corrected chi connectivity index (χ3v) is 3.78. The minimum atomic E-state index is 0.102. The van der Waals surface area contributed by atoms with Gasteiger partial charge in [-0.1, -0.05) is 19.8 Å². The number of nitrogens with one attached hydrogen (secondary N) is 1. The number of ether oxygens (including phenoxy) is 1. The quantitative estimate of drug-likeness (QED) is 0.632. The molecule has 2 rings (SSSR count). The summed E-state index contributed by atoms with van der Waals surface area (Å²) < 4.78 is 6.01. The lowest BCUT2D eigenvalue weighted by Gasteiger charge is -2.29. The Morgan fingerprint density at radius 2 is 2.06 bits per heavy atom. The first-order valence-corrected chi connectivity index (χ1v) is 6.80. The predicted molar refractivity (Wildman–Crippen MR) is 74.1 cm³/mol. The fourth-order valence-corrected chi connectivity index (χ4v) is 2.63. The molecule has 3 heteroatoms. The van der Waals surface area contributed by atoms with E-state index >= 15 is 0 Å². The van der Waals surface area contributed by atoms with E-state index in [9.17, 15) is 0 Å². The van der Waals surface area contributed by atoms with Gasteiger partial charge in [0.15, 0.2) is 0 Å². The van der Waals surface area contributed by atoms with Gasteiger partial charge in [-0.2, -0.15) is 0 Å². The van der Waals surface area contributed by atoms with Crippen LogP contribution < -0.4 is 10.5 Å². The van der Waals surface area contributed by atoms with E-state index in [1.165, 1.54) is 25.7 Å². The normalized spacial score (nSPS) is 23.6. The van der Waals surface area contributed by atoms with Crippen LogP contribution in [-0.4, -0.2) is 11.9 Å². The molecule has 0 bridgehead atoms. The molecule has 0 heterocycles. The van der Waals surface area contributed by atoms with Crippen molar-refractivity contribution in [2.24, 2.45) is 11.7 Å². The topological polar surface area (TPSA) is 59.1 Å². The average molecular weight is 246 g/mol. The summed E-state index contributed by atoms with van der Waals surface area (Å²) in [6.45, 7) is 2.26. The minimum absolute atomic E-state index is 0.102. The van der Waals surface area contributed by atoms with Gasteiger partial charge in [-0.25, -0.2) is 0 Å². The molecule has 0 aliphatic heterocycles. The summed E-state index contributed by atoms with van der Waals surface area (Å²) in [6, 6.07) is 7.51. The molecular formula is C15H22N2O. The molecule has 3 nitrogen and oxygen atoms in total. The minimum Gasteiger partial charge on any atom is -0.490 e. The zero-order valence-electron chi connectivity index (χ0n) is 11.0. The second-order valence-electron chi connectivity index (χ2n) is 5.12. The Balaban J connectivity index is 1.94. The monoisotopic (exact) mass is 246 g/mol. The van der Waals surface area contributed by atoms with Crippen molar-refractivity contribution in [2.75, 3.05) is 0 Å². The van der Waals surface area contributed by atoms with Gasteiger partial charge >= 0.3 is 0 Å². The van der Waals surface area contributed by atoms with Gasteiger partial charge in [0, 0.05) is 5.56 Å². The van der Waals surface area contributed by atoms with E-state index < -0.39 is 0 Å².